The predicted octanol–water partition coefficient (Wildman–Crippen LogP) is 2.75. The molecular formula is C13H16N2O2S. The summed E-state index contributed by atoms with van der Waals surface area (Å²) in [4.78, 5) is 4.51. The topological polar surface area (TPSA) is 42.8 Å². The molecular weight excluding hydrogens is 248 g/mol. The number of nitrogens with one attached hydrogen (secondary N) is 1. The van der Waals surface area contributed by atoms with Gasteiger partial charge in [0.25, 0.3) is 0 Å². The largest absolute Gasteiger partial charge is 0.490 e. The number of rotatable bonds is 1. The quantitative estimate of drug-likeness (QED) is 0.847. The highest BCUT2D eigenvalue weighted by atomic mass is 32.2. The summed E-state index contributed by atoms with van der Waals surface area (Å²) in [5.41, 5.74) is 1.000. The molecule has 4 nitrogen and oxygen atoms in total. The summed E-state index contributed by atoms with van der Waals surface area (Å²) in [7, 11) is 0. The molecule has 0 aromatic heterocycles. The highest BCUT2D eigenvalue weighted by Crippen LogP contribution is 2.33. The van der Waals surface area contributed by atoms with E-state index in [2.05, 4.69) is 17.2 Å². The minimum atomic E-state index is 0.401. The number of aliphatic imine (C=N–C) groups is 1. The van der Waals surface area contributed by atoms with E-state index in [-0.39, 0.29) is 0 Å². The molecule has 0 amide bonds. The summed E-state index contributed by atoms with van der Waals surface area (Å²) in [6.45, 7) is 3.55. The second-order valence-electron chi connectivity index (χ2n) is 4.43. The van der Waals surface area contributed by atoms with E-state index in [1.54, 1.807) is 11.8 Å². The van der Waals surface area contributed by atoms with E-state index in [0.29, 0.717) is 12.6 Å². The van der Waals surface area contributed by atoms with Gasteiger partial charge >= 0.3 is 0 Å². The van der Waals surface area contributed by atoms with Gasteiger partial charge in [0.2, 0.25) is 0 Å². The van der Waals surface area contributed by atoms with Crippen LogP contribution in [0, 0.1) is 0 Å². The fourth-order valence-electron chi connectivity index (χ4n) is 1.91. The smallest absolute Gasteiger partial charge is 0.163 e. The maximum Gasteiger partial charge on any atom is 0.163 e. The van der Waals surface area contributed by atoms with Crippen LogP contribution < -0.4 is 14.8 Å². The van der Waals surface area contributed by atoms with Gasteiger partial charge in [0.15, 0.2) is 16.7 Å². The van der Waals surface area contributed by atoms with Gasteiger partial charge < -0.3 is 14.8 Å². The number of hydrogen-bond acceptors (Lipinski definition) is 5. The highest BCUT2D eigenvalue weighted by Gasteiger charge is 2.15. The van der Waals surface area contributed by atoms with Crippen LogP contribution in [0.5, 0.6) is 11.5 Å². The minimum Gasteiger partial charge on any atom is -0.490 e. The number of benzene rings is 1. The van der Waals surface area contributed by atoms with Gasteiger partial charge in [-0.15, -0.1) is 0 Å². The van der Waals surface area contributed by atoms with Gasteiger partial charge in [-0.2, -0.15) is 0 Å². The van der Waals surface area contributed by atoms with Crippen molar-refractivity contribution in [3.63, 3.8) is 0 Å². The maximum atomic E-state index is 5.66. The van der Waals surface area contributed by atoms with Crippen LogP contribution in [0.25, 0.3) is 0 Å². The summed E-state index contributed by atoms with van der Waals surface area (Å²) in [6.07, 6.45) is 0.928. The first kappa shape index (κ1) is 11.7. The summed E-state index contributed by atoms with van der Waals surface area (Å²) < 4.78 is 11.3. The van der Waals surface area contributed by atoms with Crippen LogP contribution in [0.4, 0.5) is 5.69 Å². The Hall–Kier alpha value is -1.36. The average molecular weight is 264 g/mol. The first-order chi connectivity index (χ1) is 8.81. The molecule has 0 radical (unpaired) electrons. The predicted molar refractivity (Wildman–Crippen MR) is 75.0 cm³/mol. The van der Waals surface area contributed by atoms with Crippen LogP contribution >= 0.6 is 11.8 Å². The van der Waals surface area contributed by atoms with Crippen molar-refractivity contribution in [1.82, 2.24) is 0 Å². The zero-order valence-corrected chi connectivity index (χ0v) is 11.1. The van der Waals surface area contributed by atoms with E-state index in [9.17, 15) is 0 Å². The second kappa shape index (κ2) is 5.10. The van der Waals surface area contributed by atoms with Gasteiger partial charge in [-0.05, 0) is 19.1 Å². The molecule has 0 fully saturated rings. The van der Waals surface area contributed by atoms with E-state index in [0.717, 1.165) is 41.1 Å². The third-order valence-corrected chi connectivity index (χ3v) is 3.93. The zero-order chi connectivity index (χ0) is 12.4. The zero-order valence-electron chi connectivity index (χ0n) is 10.3. The summed E-state index contributed by atoms with van der Waals surface area (Å²) in [5, 5.41) is 4.30. The lowest BCUT2D eigenvalue weighted by molar-refractivity contribution is 0.297. The van der Waals surface area contributed by atoms with Crippen LogP contribution in [0.3, 0.4) is 0 Å². The van der Waals surface area contributed by atoms with Gasteiger partial charge in [0.1, 0.15) is 0 Å². The van der Waals surface area contributed by atoms with Crippen molar-refractivity contribution >= 4 is 22.6 Å². The maximum absolute atomic E-state index is 5.66. The SMILES string of the molecule is CC1CSC(Nc2ccc3c(c2)OCCCO3)=N1. The number of thioether (sulfide) groups is 1. The number of nitrogens with zero attached hydrogens (tertiary/aromatic N) is 1. The number of hydrogen-bond donors (Lipinski definition) is 1. The third kappa shape index (κ3) is 2.56. The molecule has 1 aromatic rings. The molecule has 2 aliphatic heterocycles. The molecule has 2 aliphatic rings. The number of amidine groups is 1. The molecule has 0 saturated carbocycles. The van der Waals surface area contributed by atoms with Crippen LogP contribution in [0.2, 0.25) is 0 Å². The summed E-state index contributed by atoms with van der Waals surface area (Å²) in [5.74, 6) is 2.69. The van der Waals surface area contributed by atoms with E-state index < -0.39 is 0 Å². The van der Waals surface area contributed by atoms with Crippen molar-refractivity contribution in [3.8, 4) is 11.5 Å². The van der Waals surface area contributed by atoms with E-state index >= 15 is 0 Å². The molecule has 1 unspecified atom stereocenters. The normalized spacial score (nSPS) is 22.3. The fraction of sp³-hybridized carbons (Fsp3) is 0.462. The van der Waals surface area contributed by atoms with Crippen molar-refractivity contribution < 1.29 is 9.47 Å². The van der Waals surface area contributed by atoms with Gasteiger partial charge in [-0.1, -0.05) is 11.8 Å². The molecule has 2 heterocycles. The number of anilines is 1. The molecule has 0 spiro atoms. The van der Waals surface area contributed by atoms with Gasteiger partial charge in [0.05, 0.1) is 19.3 Å². The van der Waals surface area contributed by atoms with Crippen LogP contribution in [-0.2, 0) is 0 Å². The molecule has 0 bridgehead atoms. The van der Waals surface area contributed by atoms with Crippen molar-refractivity contribution in [2.45, 2.75) is 19.4 Å². The Morgan fingerprint density at radius 1 is 1.28 bits per heavy atom. The molecule has 3 rings (SSSR count). The molecule has 0 aliphatic carbocycles. The van der Waals surface area contributed by atoms with Gasteiger partial charge in [0, 0.05) is 23.9 Å². The first-order valence-corrected chi connectivity index (χ1v) is 7.17. The van der Waals surface area contributed by atoms with Gasteiger partial charge in [-0.25, -0.2) is 0 Å². The molecule has 1 N–H and O–H groups in total. The van der Waals surface area contributed by atoms with Gasteiger partial charge in [-0.3, -0.25) is 4.99 Å². The lowest BCUT2D eigenvalue weighted by Crippen LogP contribution is -2.05. The molecule has 5 heteroatoms. The van der Waals surface area contributed by atoms with Crippen molar-refractivity contribution in [2.75, 3.05) is 24.3 Å². The Labute approximate surface area is 111 Å². The summed E-state index contributed by atoms with van der Waals surface area (Å²) in [6, 6.07) is 6.33. The van der Waals surface area contributed by atoms with E-state index in [1.165, 1.54) is 0 Å². The molecule has 1 aromatic carbocycles. The number of fused-ring (bicyclic) bond motifs is 1. The van der Waals surface area contributed by atoms with Crippen molar-refractivity contribution in [1.29, 1.82) is 0 Å². The Morgan fingerprint density at radius 3 is 2.89 bits per heavy atom. The van der Waals surface area contributed by atoms with Crippen molar-refractivity contribution in [2.24, 2.45) is 4.99 Å². The van der Waals surface area contributed by atoms with Crippen LogP contribution in [0.15, 0.2) is 23.2 Å². The Kier molecular flexibility index (Phi) is 3.32. The number of ether oxygens (including phenoxy) is 2. The third-order valence-electron chi connectivity index (χ3n) is 2.80. The van der Waals surface area contributed by atoms with Crippen molar-refractivity contribution in [3.05, 3.63) is 18.2 Å². The lowest BCUT2D eigenvalue weighted by Gasteiger charge is -2.10. The Bertz CT molecular complexity index is 476. The second-order valence-corrected chi connectivity index (χ2v) is 5.44. The molecule has 18 heavy (non-hydrogen) atoms. The minimum absolute atomic E-state index is 0.401. The van der Waals surface area contributed by atoms with Crippen LogP contribution in [-0.4, -0.2) is 30.2 Å². The first-order valence-electron chi connectivity index (χ1n) is 6.18. The Balaban J connectivity index is 1.77. The fourth-order valence-corrected chi connectivity index (χ4v) is 2.83. The molecule has 0 saturated heterocycles. The van der Waals surface area contributed by atoms with E-state index in [4.69, 9.17) is 9.47 Å². The van der Waals surface area contributed by atoms with Crippen LogP contribution in [0.1, 0.15) is 13.3 Å². The average Bonchev–Trinajstić information content (AvgIpc) is 2.64. The highest BCUT2D eigenvalue weighted by molar-refractivity contribution is 8.14. The monoisotopic (exact) mass is 264 g/mol. The summed E-state index contributed by atoms with van der Waals surface area (Å²) >= 11 is 1.75. The Morgan fingerprint density at radius 2 is 2.11 bits per heavy atom. The lowest BCUT2D eigenvalue weighted by atomic mass is 10.3. The molecule has 1 atom stereocenters. The molecule has 96 valence electrons. The van der Waals surface area contributed by atoms with E-state index in [1.807, 2.05) is 18.2 Å². The standard InChI is InChI=1S/C13H16N2O2S/c1-9-8-18-13(14-9)15-10-3-4-11-12(7-10)17-6-2-5-16-11/h3-4,7,9H,2,5-6,8H2,1H3,(H,14,15).